The van der Waals surface area contributed by atoms with Crippen LogP contribution in [0.2, 0.25) is 5.02 Å². The van der Waals surface area contributed by atoms with Crippen molar-refractivity contribution in [3.05, 3.63) is 58.6 Å². The average molecular weight is 364 g/mol. The zero-order valence-corrected chi connectivity index (χ0v) is 15.6. The van der Waals surface area contributed by atoms with E-state index in [-0.39, 0.29) is 0 Å². The van der Waals surface area contributed by atoms with Gasteiger partial charge in [-0.05, 0) is 55.3 Å². The molecule has 0 aromatic heterocycles. The quantitative estimate of drug-likeness (QED) is 0.599. The molecule has 0 bridgehead atoms. The molecular formula is C20H26ClNO3. The lowest BCUT2D eigenvalue weighted by Crippen LogP contribution is -2.16. The Kier molecular flexibility index (Phi) is 8.60. The topological polar surface area (TPSA) is 39.7 Å². The maximum absolute atomic E-state index is 5.92. The molecule has 0 unspecified atom stereocenters. The number of halogens is 1. The molecule has 2 aromatic rings. The molecule has 0 aliphatic rings. The predicted octanol–water partition coefficient (Wildman–Crippen LogP) is 4.44. The molecule has 2 aromatic carbocycles. The number of methoxy groups -OCH3 is 1. The van der Waals surface area contributed by atoms with Crippen molar-refractivity contribution >= 4 is 11.6 Å². The van der Waals surface area contributed by atoms with Gasteiger partial charge in [-0.3, -0.25) is 0 Å². The molecule has 1 N–H and O–H groups in total. The fourth-order valence-corrected chi connectivity index (χ4v) is 2.49. The molecule has 0 fully saturated rings. The average Bonchev–Trinajstić information content (AvgIpc) is 2.62. The third-order valence-electron chi connectivity index (χ3n) is 3.65. The Morgan fingerprint density at radius 2 is 1.72 bits per heavy atom. The van der Waals surface area contributed by atoms with Crippen molar-refractivity contribution in [3.8, 4) is 11.5 Å². The van der Waals surface area contributed by atoms with Gasteiger partial charge in [-0.1, -0.05) is 29.8 Å². The summed E-state index contributed by atoms with van der Waals surface area (Å²) < 4.78 is 16.7. The summed E-state index contributed by atoms with van der Waals surface area (Å²) in [4.78, 5) is 0. The largest absolute Gasteiger partial charge is 0.490 e. The highest BCUT2D eigenvalue weighted by Crippen LogP contribution is 2.29. The summed E-state index contributed by atoms with van der Waals surface area (Å²) in [6.07, 6.45) is 0.997. The molecule has 2 rings (SSSR count). The molecule has 0 spiro atoms. The standard InChI is InChI=1S/C20H26ClNO3/c1-3-24-20-13-17(14-22-11-4-12-23-2)7-10-19(20)25-15-16-5-8-18(21)9-6-16/h5-10,13,22H,3-4,11-12,14-15H2,1-2H3. The van der Waals surface area contributed by atoms with Gasteiger partial charge in [0.25, 0.3) is 0 Å². The number of ether oxygens (including phenoxy) is 3. The van der Waals surface area contributed by atoms with Gasteiger partial charge in [-0.2, -0.15) is 0 Å². The highest BCUT2D eigenvalue weighted by molar-refractivity contribution is 6.30. The zero-order chi connectivity index (χ0) is 17.9. The van der Waals surface area contributed by atoms with E-state index >= 15 is 0 Å². The maximum atomic E-state index is 5.92. The minimum Gasteiger partial charge on any atom is -0.490 e. The number of nitrogens with one attached hydrogen (secondary N) is 1. The Morgan fingerprint density at radius 1 is 0.960 bits per heavy atom. The Bertz CT molecular complexity index is 631. The van der Waals surface area contributed by atoms with E-state index in [9.17, 15) is 0 Å². The van der Waals surface area contributed by atoms with Crippen molar-refractivity contribution in [1.29, 1.82) is 0 Å². The smallest absolute Gasteiger partial charge is 0.161 e. The van der Waals surface area contributed by atoms with Gasteiger partial charge < -0.3 is 19.5 Å². The first kappa shape index (κ1) is 19.6. The summed E-state index contributed by atoms with van der Waals surface area (Å²) in [6, 6.07) is 13.7. The summed E-state index contributed by atoms with van der Waals surface area (Å²) in [5.74, 6) is 1.52. The highest BCUT2D eigenvalue weighted by Gasteiger charge is 2.07. The molecule has 0 atom stereocenters. The van der Waals surface area contributed by atoms with Crippen LogP contribution in [0.5, 0.6) is 11.5 Å². The van der Waals surface area contributed by atoms with Crippen LogP contribution >= 0.6 is 11.6 Å². The van der Waals surface area contributed by atoms with E-state index in [1.165, 1.54) is 5.56 Å². The van der Waals surface area contributed by atoms with Crippen LogP contribution in [0, 0.1) is 0 Å². The third-order valence-corrected chi connectivity index (χ3v) is 3.90. The molecule has 0 heterocycles. The Balaban J connectivity index is 1.93. The van der Waals surface area contributed by atoms with Gasteiger partial charge in [-0.15, -0.1) is 0 Å². The predicted molar refractivity (Wildman–Crippen MR) is 102 cm³/mol. The van der Waals surface area contributed by atoms with E-state index in [4.69, 9.17) is 25.8 Å². The van der Waals surface area contributed by atoms with Gasteiger partial charge in [0.05, 0.1) is 6.61 Å². The summed E-state index contributed by atoms with van der Waals surface area (Å²) in [5.41, 5.74) is 2.23. The third kappa shape index (κ3) is 6.94. The summed E-state index contributed by atoms with van der Waals surface area (Å²) in [6.45, 7) is 5.54. The zero-order valence-electron chi connectivity index (χ0n) is 14.9. The minimum absolute atomic E-state index is 0.478. The van der Waals surface area contributed by atoms with Crippen LogP contribution in [-0.2, 0) is 17.9 Å². The van der Waals surface area contributed by atoms with Crippen molar-refractivity contribution in [2.45, 2.75) is 26.5 Å². The first-order valence-corrected chi connectivity index (χ1v) is 8.93. The van der Waals surface area contributed by atoms with Gasteiger partial charge in [0.2, 0.25) is 0 Å². The van der Waals surface area contributed by atoms with Gasteiger partial charge in [0, 0.05) is 25.3 Å². The first-order chi connectivity index (χ1) is 12.2. The fourth-order valence-electron chi connectivity index (χ4n) is 2.37. The number of benzene rings is 2. The van der Waals surface area contributed by atoms with Gasteiger partial charge in [0.15, 0.2) is 11.5 Å². The van der Waals surface area contributed by atoms with E-state index < -0.39 is 0 Å². The molecule has 0 aliphatic heterocycles. The molecular weight excluding hydrogens is 338 g/mol. The first-order valence-electron chi connectivity index (χ1n) is 8.55. The number of hydrogen-bond donors (Lipinski definition) is 1. The van der Waals surface area contributed by atoms with Crippen LogP contribution in [0.1, 0.15) is 24.5 Å². The lowest BCUT2D eigenvalue weighted by Gasteiger charge is -2.14. The van der Waals surface area contributed by atoms with Crippen LogP contribution in [0.25, 0.3) is 0 Å². The van der Waals surface area contributed by atoms with E-state index in [1.807, 2.05) is 43.3 Å². The van der Waals surface area contributed by atoms with Crippen molar-refractivity contribution in [1.82, 2.24) is 5.32 Å². The van der Waals surface area contributed by atoms with Crippen LogP contribution in [0.3, 0.4) is 0 Å². The van der Waals surface area contributed by atoms with Crippen molar-refractivity contribution in [2.75, 3.05) is 26.9 Å². The van der Waals surface area contributed by atoms with Crippen molar-refractivity contribution < 1.29 is 14.2 Å². The van der Waals surface area contributed by atoms with Crippen LogP contribution in [-0.4, -0.2) is 26.9 Å². The molecule has 0 saturated heterocycles. The number of hydrogen-bond acceptors (Lipinski definition) is 4. The summed E-state index contributed by atoms with van der Waals surface area (Å²) >= 11 is 5.91. The fraction of sp³-hybridized carbons (Fsp3) is 0.400. The van der Waals surface area contributed by atoms with Crippen LogP contribution in [0.4, 0.5) is 0 Å². The van der Waals surface area contributed by atoms with E-state index in [0.29, 0.717) is 13.2 Å². The normalized spacial score (nSPS) is 10.7. The summed E-state index contributed by atoms with van der Waals surface area (Å²) in [5, 5.41) is 4.12. The SMILES string of the molecule is CCOc1cc(CNCCCOC)ccc1OCc1ccc(Cl)cc1. The van der Waals surface area contributed by atoms with Crippen LogP contribution < -0.4 is 14.8 Å². The lowest BCUT2D eigenvalue weighted by molar-refractivity contribution is 0.194. The van der Waals surface area contributed by atoms with E-state index in [1.54, 1.807) is 7.11 Å². The molecule has 136 valence electrons. The van der Waals surface area contributed by atoms with Crippen LogP contribution in [0.15, 0.2) is 42.5 Å². The second-order valence-electron chi connectivity index (χ2n) is 5.65. The molecule has 5 heteroatoms. The number of rotatable bonds is 11. The Morgan fingerprint density at radius 3 is 2.44 bits per heavy atom. The Labute approximate surface area is 155 Å². The molecule has 0 radical (unpaired) electrons. The van der Waals surface area contributed by atoms with E-state index in [0.717, 1.165) is 48.2 Å². The Hall–Kier alpha value is -1.75. The van der Waals surface area contributed by atoms with Gasteiger partial charge in [-0.25, -0.2) is 0 Å². The lowest BCUT2D eigenvalue weighted by atomic mass is 10.2. The molecule has 0 amide bonds. The molecule has 0 saturated carbocycles. The molecule has 4 nitrogen and oxygen atoms in total. The summed E-state index contributed by atoms with van der Waals surface area (Å²) in [7, 11) is 1.72. The van der Waals surface area contributed by atoms with Crippen molar-refractivity contribution in [3.63, 3.8) is 0 Å². The highest BCUT2D eigenvalue weighted by atomic mass is 35.5. The van der Waals surface area contributed by atoms with Crippen molar-refractivity contribution in [2.24, 2.45) is 0 Å². The minimum atomic E-state index is 0.478. The van der Waals surface area contributed by atoms with Gasteiger partial charge in [0.1, 0.15) is 6.61 Å². The van der Waals surface area contributed by atoms with E-state index in [2.05, 4.69) is 11.4 Å². The second kappa shape index (κ2) is 11.0. The molecule has 25 heavy (non-hydrogen) atoms. The second-order valence-corrected chi connectivity index (χ2v) is 6.09. The monoisotopic (exact) mass is 363 g/mol. The molecule has 0 aliphatic carbocycles. The maximum Gasteiger partial charge on any atom is 0.161 e. The van der Waals surface area contributed by atoms with Gasteiger partial charge >= 0.3 is 0 Å².